The van der Waals surface area contributed by atoms with Gasteiger partial charge in [-0.05, 0) is 43.7 Å². The number of benzene rings is 2. The van der Waals surface area contributed by atoms with Crippen LogP contribution in [0.5, 0.6) is 11.5 Å². The Morgan fingerprint density at radius 2 is 1.70 bits per heavy atom. The van der Waals surface area contributed by atoms with Crippen LogP contribution in [0.4, 0.5) is 0 Å². The predicted molar refractivity (Wildman–Crippen MR) is 78.6 cm³/mol. The molecule has 0 spiro atoms. The first kappa shape index (κ1) is 14.1. The van der Waals surface area contributed by atoms with E-state index < -0.39 is 0 Å². The van der Waals surface area contributed by atoms with E-state index in [2.05, 4.69) is 0 Å². The van der Waals surface area contributed by atoms with Crippen LogP contribution in [-0.2, 0) is 0 Å². The molecule has 0 fully saturated rings. The standard InChI is InChI=1S/C17H18O3/c1-13-8-9-16(14(2)18)17(12-13)20-11-10-19-15-6-4-3-5-7-15/h3-9,12H,10-11H2,1-2H3. The third kappa shape index (κ3) is 3.85. The lowest BCUT2D eigenvalue weighted by molar-refractivity contribution is 0.101. The van der Waals surface area contributed by atoms with Crippen molar-refractivity contribution in [1.82, 2.24) is 0 Å². The SMILES string of the molecule is CC(=O)c1ccc(C)cc1OCCOc1ccccc1. The molecule has 0 bridgehead atoms. The molecule has 0 atom stereocenters. The van der Waals surface area contributed by atoms with Crippen LogP contribution in [-0.4, -0.2) is 19.0 Å². The Hall–Kier alpha value is -2.29. The minimum absolute atomic E-state index is 0.00368. The van der Waals surface area contributed by atoms with E-state index in [0.29, 0.717) is 24.5 Å². The number of Topliss-reactive ketones (excluding diaryl/α,β-unsaturated/α-hetero) is 1. The van der Waals surface area contributed by atoms with E-state index in [9.17, 15) is 4.79 Å². The Bertz CT molecular complexity index is 576. The van der Waals surface area contributed by atoms with Crippen molar-refractivity contribution in [3.8, 4) is 11.5 Å². The Kier molecular flexibility index (Phi) is 4.77. The Morgan fingerprint density at radius 1 is 1.00 bits per heavy atom. The van der Waals surface area contributed by atoms with Gasteiger partial charge < -0.3 is 9.47 Å². The number of carbonyl (C=O) groups is 1. The fraction of sp³-hybridized carbons (Fsp3) is 0.235. The van der Waals surface area contributed by atoms with E-state index in [1.165, 1.54) is 6.92 Å². The monoisotopic (exact) mass is 270 g/mol. The number of ketones is 1. The van der Waals surface area contributed by atoms with Gasteiger partial charge in [-0.15, -0.1) is 0 Å². The lowest BCUT2D eigenvalue weighted by atomic mass is 10.1. The second kappa shape index (κ2) is 6.75. The molecule has 0 N–H and O–H groups in total. The Labute approximate surface area is 119 Å². The molecule has 0 saturated carbocycles. The van der Waals surface area contributed by atoms with E-state index in [-0.39, 0.29) is 5.78 Å². The summed E-state index contributed by atoms with van der Waals surface area (Å²) in [5, 5.41) is 0. The number of hydrogen-bond acceptors (Lipinski definition) is 3. The summed E-state index contributed by atoms with van der Waals surface area (Å²) in [6, 6.07) is 15.2. The van der Waals surface area contributed by atoms with Crippen LogP contribution in [0, 0.1) is 6.92 Å². The first-order chi connectivity index (χ1) is 9.66. The molecule has 2 rings (SSSR count). The molecule has 2 aromatic carbocycles. The first-order valence-electron chi connectivity index (χ1n) is 6.59. The molecular weight excluding hydrogens is 252 g/mol. The van der Waals surface area contributed by atoms with Gasteiger partial charge in [0.25, 0.3) is 0 Å². The van der Waals surface area contributed by atoms with Crippen LogP contribution >= 0.6 is 0 Å². The van der Waals surface area contributed by atoms with Crippen LogP contribution < -0.4 is 9.47 Å². The van der Waals surface area contributed by atoms with Crippen LogP contribution in [0.1, 0.15) is 22.8 Å². The molecule has 0 heterocycles. The summed E-state index contributed by atoms with van der Waals surface area (Å²) in [5.41, 5.74) is 1.67. The van der Waals surface area contributed by atoms with Gasteiger partial charge in [0.15, 0.2) is 5.78 Å². The molecule has 0 aliphatic rings. The van der Waals surface area contributed by atoms with Crippen molar-refractivity contribution in [1.29, 1.82) is 0 Å². The molecule has 0 saturated heterocycles. The highest BCUT2D eigenvalue weighted by Crippen LogP contribution is 2.20. The average Bonchev–Trinajstić information content (AvgIpc) is 2.44. The molecule has 0 amide bonds. The van der Waals surface area contributed by atoms with Crippen LogP contribution in [0.2, 0.25) is 0 Å². The number of aryl methyl sites for hydroxylation is 1. The maximum absolute atomic E-state index is 11.5. The van der Waals surface area contributed by atoms with Crippen molar-refractivity contribution in [2.24, 2.45) is 0 Å². The van der Waals surface area contributed by atoms with Crippen LogP contribution in [0.25, 0.3) is 0 Å². The topological polar surface area (TPSA) is 35.5 Å². The summed E-state index contributed by atoms with van der Waals surface area (Å²) in [6.45, 7) is 4.35. The van der Waals surface area contributed by atoms with Crippen molar-refractivity contribution in [2.75, 3.05) is 13.2 Å². The zero-order valence-electron chi connectivity index (χ0n) is 11.8. The average molecular weight is 270 g/mol. The Balaban J connectivity index is 1.91. The van der Waals surface area contributed by atoms with E-state index in [0.717, 1.165) is 11.3 Å². The highest BCUT2D eigenvalue weighted by atomic mass is 16.5. The highest BCUT2D eigenvalue weighted by molar-refractivity contribution is 5.96. The fourth-order valence-electron chi connectivity index (χ4n) is 1.87. The molecule has 0 aromatic heterocycles. The van der Waals surface area contributed by atoms with Gasteiger partial charge in [0.2, 0.25) is 0 Å². The molecule has 0 aliphatic heterocycles. The Morgan fingerprint density at radius 3 is 2.40 bits per heavy atom. The number of ether oxygens (including phenoxy) is 2. The summed E-state index contributed by atoms with van der Waals surface area (Å²) in [6.07, 6.45) is 0. The molecule has 3 nitrogen and oxygen atoms in total. The molecule has 3 heteroatoms. The molecule has 0 aliphatic carbocycles. The normalized spacial score (nSPS) is 10.1. The van der Waals surface area contributed by atoms with Gasteiger partial charge in [0, 0.05) is 0 Å². The van der Waals surface area contributed by atoms with Crippen molar-refractivity contribution < 1.29 is 14.3 Å². The van der Waals surface area contributed by atoms with Gasteiger partial charge in [0.05, 0.1) is 5.56 Å². The number of carbonyl (C=O) groups excluding carboxylic acids is 1. The quantitative estimate of drug-likeness (QED) is 0.593. The summed E-state index contributed by atoms with van der Waals surface area (Å²) >= 11 is 0. The zero-order chi connectivity index (χ0) is 14.4. The summed E-state index contributed by atoms with van der Waals surface area (Å²) in [7, 11) is 0. The molecule has 20 heavy (non-hydrogen) atoms. The van der Waals surface area contributed by atoms with Gasteiger partial charge in [-0.3, -0.25) is 4.79 Å². The smallest absolute Gasteiger partial charge is 0.163 e. The van der Waals surface area contributed by atoms with E-state index in [1.54, 1.807) is 6.07 Å². The molecule has 0 radical (unpaired) electrons. The predicted octanol–water partition coefficient (Wildman–Crippen LogP) is 3.66. The maximum atomic E-state index is 11.5. The van der Waals surface area contributed by atoms with Crippen molar-refractivity contribution in [2.45, 2.75) is 13.8 Å². The summed E-state index contributed by atoms with van der Waals surface area (Å²) < 4.78 is 11.2. The maximum Gasteiger partial charge on any atom is 0.163 e. The van der Waals surface area contributed by atoms with Gasteiger partial charge in [0.1, 0.15) is 24.7 Å². The lowest BCUT2D eigenvalue weighted by Gasteiger charge is -2.11. The molecule has 104 valence electrons. The number of para-hydroxylation sites is 1. The third-order valence-corrected chi connectivity index (χ3v) is 2.87. The van der Waals surface area contributed by atoms with Gasteiger partial charge in [-0.1, -0.05) is 24.3 Å². The van der Waals surface area contributed by atoms with Gasteiger partial charge in [-0.2, -0.15) is 0 Å². The summed E-state index contributed by atoms with van der Waals surface area (Å²) in [5.74, 6) is 1.44. The van der Waals surface area contributed by atoms with Crippen LogP contribution in [0.15, 0.2) is 48.5 Å². The zero-order valence-corrected chi connectivity index (χ0v) is 11.8. The number of rotatable bonds is 6. The molecule has 2 aromatic rings. The highest BCUT2D eigenvalue weighted by Gasteiger charge is 2.08. The second-order valence-electron chi connectivity index (χ2n) is 4.57. The minimum atomic E-state index is 0.00368. The van der Waals surface area contributed by atoms with E-state index >= 15 is 0 Å². The number of hydrogen-bond donors (Lipinski definition) is 0. The van der Waals surface area contributed by atoms with E-state index in [4.69, 9.17) is 9.47 Å². The molecule has 0 unspecified atom stereocenters. The van der Waals surface area contributed by atoms with Crippen molar-refractivity contribution in [3.63, 3.8) is 0 Å². The van der Waals surface area contributed by atoms with Crippen LogP contribution in [0.3, 0.4) is 0 Å². The third-order valence-electron chi connectivity index (χ3n) is 2.87. The van der Waals surface area contributed by atoms with Crippen molar-refractivity contribution >= 4 is 5.78 Å². The molecular formula is C17H18O3. The second-order valence-corrected chi connectivity index (χ2v) is 4.57. The fourth-order valence-corrected chi connectivity index (χ4v) is 1.87. The minimum Gasteiger partial charge on any atom is -0.490 e. The first-order valence-corrected chi connectivity index (χ1v) is 6.59. The summed E-state index contributed by atoms with van der Waals surface area (Å²) in [4.78, 5) is 11.5. The van der Waals surface area contributed by atoms with Gasteiger partial charge >= 0.3 is 0 Å². The van der Waals surface area contributed by atoms with E-state index in [1.807, 2.05) is 49.4 Å². The lowest BCUT2D eigenvalue weighted by Crippen LogP contribution is -2.11. The largest absolute Gasteiger partial charge is 0.490 e. The van der Waals surface area contributed by atoms with Crippen molar-refractivity contribution in [3.05, 3.63) is 59.7 Å². The van der Waals surface area contributed by atoms with Gasteiger partial charge in [-0.25, -0.2) is 0 Å².